The van der Waals surface area contributed by atoms with E-state index in [9.17, 15) is 4.79 Å². The highest BCUT2D eigenvalue weighted by atomic mass is 16.5. The lowest BCUT2D eigenvalue weighted by Gasteiger charge is -2.08. The molecule has 114 valence electrons. The molecule has 0 fully saturated rings. The van der Waals surface area contributed by atoms with Gasteiger partial charge in [0.25, 0.3) is 5.91 Å². The van der Waals surface area contributed by atoms with Gasteiger partial charge in [0.2, 0.25) is 0 Å². The molecule has 0 saturated carbocycles. The van der Waals surface area contributed by atoms with Crippen LogP contribution < -0.4 is 10.1 Å². The molecule has 3 aromatic rings. The quantitative estimate of drug-likeness (QED) is 0.733. The molecule has 0 atom stereocenters. The summed E-state index contributed by atoms with van der Waals surface area (Å²) in [5.74, 6) is 1.33. The van der Waals surface area contributed by atoms with E-state index in [2.05, 4.69) is 5.32 Å². The number of carbonyl (C=O) groups excluding carboxylic acids is 1. The van der Waals surface area contributed by atoms with Crippen molar-refractivity contribution in [1.82, 2.24) is 0 Å². The summed E-state index contributed by atoms with van der Waals surface area (Å²) in [5, 5.41) is 2.89. The minimum atomic E-state index is -0.137. The van der Waals surface area contributed by atoms with Crippen LogP contribution in [0.15, 0.2) is 78.9 Å². The van der Waals surface area contributed by atoms with Crippen LogP contribution in [0.5, 0.6) is 11.5 Å². The largest absolute Gasteiger partial charge is 0.457 e. The molecule has 1 amide bonds. The number of hydrogen-bond acceptors (Lipinski definition) is 2. The van der Waals surface area contributed by atoms with Gasteiger partial charge >= 0.3 is 0 Å². The van der Waals surface area contributed by atoms with Crippen LogP contribution >= 0.6 is 0 Å². The first-order valence-corrected chi connectivity index (χ1v) is 7.42. The van der Waals surface area contributed by atoms with Gasteiger partial charge in [-0.2, -0.15) is 0 Å². The van der Waals surface area contributed by atoms with Crippen LogP contribution in [-0.4, -0.2) is 5.91 Å². The summed E-state index contributed by atoms with van der Waals surface area (Å²) in [5.41, 5.74) is 2.49. The third-order valence-electron chi connectivity index (χ3n) is 3.37. The molecule has 0 spiro atoms. The van der Waals surface area contributed by atoms with Crippen molar-refractivity contribution in [3.8, 4) is 11.5 Å². The molecule has 0 aliphatic heterocycles. The van der Waals surface area contributed by atoms with Crippen molar-refractivity contribution in [1.29, 1.82) is 0 Å². The molecule has 0 heterocycles. The van der Waals surface area contributed by atoms with E-state index < -0.39 is 0 Å². The second-order valence-electron chi connectivity index (χ2n) is 5.26. The molecule has 0 aliphatic carbocycles. The van der Waals surface area contributed by atoms with E-state index >= 15 is 0 Å². The molecule has 0 bridgehead atoms. The molecular formula is C20H17NO2. The lowest BCUT2D eigenvalue weighted by atomic mass is 10.2. The van der Waals surface area contributed by atoms with Gasteiger partial charge in [-0.15, -0.1) is 0 Å². The summed E-state index contributed by atoms with van der Waals surface area (Å²) in [7, 11) is 0. The number of nitrogens with one attached hydrogen (secondary N) is 1. The van der Waals surface area contributed by atoms with Gasteiger partial charge < -0.3 is 10.1 Å². The molecule has 3 rings (SSSR count). The van der Waals surface area contributed by atoms with Gasteiger partial charge in [0.05, 0.1) is 0 Å². The maximum absolute atomic E-state index is 12.2. The second-order valence-corrected chi connectivity index (χ2v) is 5.26. The summed E-state index contributed by atoms with van der Waals surface area (Å²) in [4.78, 5) is 12.2. The highest BCUT2D eigenvalue weighted by Crippen LogP contribution is 2.21. The van der Waals surface area contributed by atoms with E-state index in [0.717, 1.165) is 17.0 Å². The van der Waals surface area contributed by atoms with E-state index in [1.54, 1.807) is 24.3 Å². The first kappa shape index (κ1) is 14.9. The lowest BCUT2D eigenvalue weighted by molar-refractivity contribution is 0.102. The first-order valence-electron chi connectivity index (χ1n) is 7.42. The van der Waals surface area contributed by atoms with Crippen LogP contribution in [-0.2, 0) is 0 Å². The Hall–Kier alpha value is -3.07. The number of benzene rings is 3. The van der Waals surface area contributed by atoms with E-state index in [1.165, 1.54) is 0 Å². The van der Waals surface area contributed by atoms with Crippen LogP contribution in [0.3, 0.4) is 0 Å². The van der Waals surface area contributed by atoms with Crippen LogP contribution in [0.1, 0.15) is 15.9 Å². The highest BCUT2D eigenvalue weighted by Gasteiger charge is 2.06. The molecule has 1 N–H and O–H groups in total. The Morgan fingerprint density at radius 3 is 2.22 bits per heavy atom. The Bertz CT molecular complexity index is 795. The molecule has 3 nitrogen and oxygen atoms in total. The molecule has 0 saturated heterocycles. The molecule has 0 radical (unpaired) electrons. The molecule has 23 heavy (non-hydrogen) atoms. The number of amides is 1. The third kappa shape index (κ3) is 3.98. The minimum absolute atomic E-state index is 0.137. The van der Waals surface area contributed by atoms with Gasteiger partial charge in [0, 0.05) is 11.3 Å². The summed E-state index contributed by atoms with van der Waals surface area (Å²) in [6.07, 6.45) is 0. The fraction of sp³-hybridized carbons (Fsp3) is 0.0500. The van der Waals surface area contributed by atoms with Crippen molar-refractivity contribution >= 4 is 11.6 Å². The maximum Gasteiger partial charge on any atom is 0.255 e. The average Bonchev–Trinajstić information content (AvgIpc) is 2.56. The van der Waals surface area contributed by atoms with E-state index in [-0.39, 0.29) is 5.91 Å². The van der Waals surface area contributed by atoms with Gasteiger partial charge in [0.1, 0.15) is 11.5 Å². The zero-order valence-electron chi connectivity index (χ0n) is 12.8. The Morgan fingerprint density at radius 1 is 0.826 bits per heavy atom. The monoisotopic (exact) mass is 303 g/mol. The van der Waals surface area contributed by atoms with Crippen molar-refractivity contribution in [2.45, 2.75) is 6.92 Å². The van der Waals surface area contributed by atoms with E-state index in [0.29, 0.717) is 11.3 Å². The second kappa shape index (κ2) is 6.79. The van der Waals surface area contributed by atoms with Crippen LogP contribution in [0, 0.1) is 6.92 Å². The van der Waals surface area contributed by atoms with Crippen molar-refractivity contribution < 1.29 is 9.53 Å². The first-order chi connectivity index (χ1) is 11.2. The van der Waals surface area contributed by atoms with Crippen molar-refractivity contribution in [3.63, 3.8) is 0 Å². The van der Waals surface area contributed by atoms with Gasteiger partial charge in [-0.1, -0.05) is 30.3 Å². The Labute approximate surface area is 135 Å². The van der Waals surface area contributed by atoms with Gasteiger partial charge in [-0.05, 0) is 61.0 Å². The Kier molecular flexibility index (Phi) is 4.39. The summed E-state index contributed by atoms with van der Waals surface area (Å²) in [6.45, 7) is 1.99. The zero-order chi connectivity index (χ0) is 16.1. The fourth-order valence-electron chi connectivity index (χ4n) is 2.23. The van der Waals surface area contributed by atoms with E-state index in [1.807, 2.05) is 61.5 Å². The number of rotatable bonds is 4. The number of carbonyl (C=O) groups is 1. The third-order valence-corrected chi connectivity index (χ3v) is 3.37. The summed E-state index contributed by atoms with van der Waals surface area (Å²) in [6, 6.07) is 24.3. The van der Waals surface area contributed by atoms with Crippen LogP contribution in [0.2, 0.25) is 0 Å². The Balaban J connectivity index is 1.68. The summed E-state index contributed by atoms with van der Waals surface area (Å²) >= 11 is 0. The normalized spacial score (nSPS) is 10.1. The SMILES string of the molecule is Cc1cccc(NC(=O)c2ccc(Oc3ccccc3)cc2)c1. The average molecular weight is 303 g/mol. The molecule has 0 unspecified atom stereocenters. The molecule has 0 aromatic heterocycles. The Morgan fingerprint density at radius 2 is 1.52 bits per heavy atom. The molecule has 3 aromatic carbocycles. The van der Waals surface area contributed by atoms with Crippen molar-refractivity contribution in [2.75, 3.05) is 5.32 Å². The smallest absolute Gasteiger partial charge is 0.255 e. The van der Waals surface area contributed by atoms with Crippen molar-refractivity contribution in [2.24, 2.45) is 0 Å². The van der Waals surface area contributed by atoms with Crippen LogP contribution in [0.25, 0.3) is 0 Å². The number of aryl methyl sites for hydroxylation is 1. The van der Waals surface area contributed by atoms with Gasteiger partial charge in [0.15, 0.2) is 0 Å². The van der Waals surface area contributed by atoms with Gasteiger partial charge in [-0.25, -0.2) is 0 Å². The standard InChI is InChI=1S/C20H17NO2/c1-15-6-5-7-17(14-15)21-20(22)16-10-12-19(13-11-16)23-18-8-3-2-4-9-18/h2-14H,1H3,(H,21,22). The minimum Gasteiger partial charge on any atom is -0.457 e. The molecular weight excluding hydrogens is 286 g/mol. The highest BCUT2D eigenvalue weighted by molar-refractivity contribution is 6.04. The van der Waals surface area contributed by atoms with E-state index in [4.69, 9.17) is 4.74 Å². The van der Waals surface area contributed by atoms with Crippen molar-refractivity contribution in [3.05, 3.63) is 90.0 Å². The molecule has 3 heteroatoms. The maximum atomic E-state index is 12.2. The predicted molar refractivity (Wildman–Crippen MR) is 92.1 cm³/mol. The number of ether oxygens (including phenoxy) is 1. The molecule has 0 aliphatic rings. The topological polar surface area (TPSA) is 38.3 Å². The number of hydrogen-bond donors (Lipinski definition) is 1. The zero-order valence-corrected chi connectivity index (χ0v) is 12.8. The van der Waals surface area contributed by atoms with Gasteiger partial charge in [-0.3, -0.25) is 4.79 Å². The summed E-state index contributed by atoms with van der Waals surface area (Å²) < 4.78 is 5.72. The van der Waals surface area contributed by atoms with Crippen LogP contribution in [0.4, 0.5) is 5.69 Å². The lowest BCUT2D eigenvalue weighted by Crippen LogP contribution is -2.11. The fourth-order valence-corrected chi connectivity index (χ4v) is 2.23. The number of anilines is 1. The predicted octanol–water partition coefficient (Wildman–Crippen LogP) is 5.04. The number of para-hydroxylation sites is 1.